The van der Waals surface area contributed by atoms with Gasteiger partial charge in [-0.05, 0) is 36.8 Å². The molecule has 1 atom stereocenters. The smallest absolute Gasteiger partial charge is 0.227 e. The fourth-order valence-corrected chi connectivity index (χ4v) is 3.52. The molecule has 2 aromatic carbocycles. The summed E-state index contributed by atoms with van der Waals surface area (Å²) in [6.45, 7) is 7.23. The molecule has 0 unspecified atom stereocenters. The van der Waals surface area contributed by atoms with Crippen LogP contribution in [0.1, 0.15) is 31.4 Å². The molecule has 0 aliphatic carbocycles. The van der Waals surface area contributed by atoms with Crippen LogP contribution in [-0.2, 0) is 15.0 Å². The van der Waals surface area contributed by atoms with E-state index in [1.807, 2.05) is 30.3 Å². The van der Waals surface area contributed by atoms with Crippen molar-refractivity contribution in [1.29, 1.82) is 0 Å². The van der Waals surface area contributed by atoms with Gasteiger partial charge in [-0.3, -0.25) is 9.59 Å². The second kappa shape index (κ2) is 8.05. The lowest BCUT2D eigenvalue weighted by atomic mass is 9.84. The summed E-state index contributed by atoms with van der Waals surface area (Å²) in [5.74, 6) is 0.319. The first kappa shape index (κ1) is 19.9. The van der Waals surface area contributed by atoms with Gasteiger partial charge in [0.2, 0.25) is 11.8 Å². The Bertz CT molecular complexity index is 858. The molecule has 1 aliphatic rings. The summed E-state index contributed by atoms with van der Waals surface area (Å²) >= 11 is 0. The van der Waals surface area contributed by atoms with E-state index in [1.165, 1.54) is 11.1 Å². The summed E-state index contributed by atoms with van der Waals surface area (Å²) in [6.07, 6.45) is 0.239. The van der Waals surface area contributed by atoms with Crippen LogP contribution < -0.4 is 15.0 Å². The Hall–Kier alpha value is -2.82. The van der Waals surface area contributed by atoms with Crippen molar-refractivity contribution in [2.24, 2.45) is 5.92 Å². The maximum Gasteiger partial charge on any atom is 0.227 e. The number of nitrogens with one attached hydrogen (secondary N) is 1. The van der Waals surface area contributed by atoms with E-state index in [1.54, 1.807) is 12.0 Å². The van der Waals surface area contributed by atoms with Gasteiger partial charge in [-0.2, -0.15) is 0 Å². The zero-order valence-electron chi connectivity index (χ0n) is 17.0. The number of ether oxygens (including phenoxy) is 1. The number of carbonyl (C=O) groups excluding carboxylic acids is 2. The predicted molar refractivity (Wildman–Crippen MR) is 111 cm³/mol. The van der Waals surface area contributed by atoms with Crippen molar-refractivity contribution < 1.29 is 14.3 Å². The number of amides is 2. The number of aryl methyl sites for hydroxylation is 1. The molecule has 28 heavy (non-hydrogen) atoms. The second-order valence-electron chi connectivity index (χ2n) is 8.07. The largest absolute Gasteiger partial charge is 0.497 e. The summed E-state index contributed by atoms with van der Waals surface area (Å²) in [5, 5.41) is 3.06. The fraction of sp³-hybridized carbons (Fsp3) is 0.391. The lowest BCUT2D eigenvalue weighted by molar-refractivity contribution is -0.126. The highest BCUT2D eigenvalue weighted by Crippen LogP contribution is 2.28. The van der Waals surface area contributed by atoms with Crippen molar-refractivity contribution in [2.75, 3.05) is 25.1 Å². The standard InChI is InChI=1S/C23H28N2O3/c1-16-6-5-7-18(12-16)23(2,3)15-24-22(27)17-13-21(26)25(14-17)19-8-10-20(28-4)11-9-19/h5-12,17H,13-15H2,1-4H3,(H,24,27)/t17-/m1/s1. The van der Waals surface area contributed by atoms with Gasteiger partial charge in [0.1, 0.15) is 5.75 Å². The number of carbonyl (C=O) groups is 2. The van der Waals surface area contributed by atoms with E-state index in [9.17, 15) is 9.59 Å². The van der Waals surface area contributed by atoms with Crippen LogP contribution in [0.5, 0.6) is 5.75 Å². The van der Waals surface area contributed by atoms with Crippen molar-refractivity contribution in [3.8, 4) is 5.75 Å². The van der Waals surface area contributed by atoms with Gasteiger partial charge in [0, 0.05) is 30.6 Å². The summed E-state index contributed by atoms with van der Waals surface area (Å²) in [6, 6.07) is 15.7. The molecule has 0 spiro atoms. The highest BCUT2D eigenvalue weighted by molar-refractivity contribution is 6.00. The van der Waals surface area contributed by atoms with Gasteiger partial charge in [-0.1, -0.05) is 43.7 Å². The lowest BCUT2D eigenvalue weighted by Crippen LogP contribution is -2.40. The van der Waals surface area contributed by atoms with E-state index in [0.717, 1.165) is 11.4 Å². The Labute approximate surface area is 166 Å². The first-order chi connectivity index (χ1) is 13.3. The molecule has 1 heterocycles. The van der Waals surface area contributed by atoms with Gasteiger partial charge in [-0.25, -0.2) is 0 Å². The molecule has 2 amide bonds. The Morgan fingerprint density at radius 1 is 1.21 bits per heavy atom. The Morgan fingerprint density at radius 2 is 1.93 bits per heavy atom. The zero-order chi connectivity index (χ0) is 20.3. The SMILES string of the molecule is COc1ccc(N2C[C@H](C(=O)NCC(C)(C)c3cccc(C)c3)CC2=O)cc1. The van der Waals surface area contributed by atoms with Crippen LogP contribution in [0, 0.1) is 12.8 Å². The summed E-state index contributed by atoms with van der Waals surface area (Å²) in [5.41, 5.74) is 3.00. The van der Waals surface area contributed by atoms with Crippen LogP contribution >= 0.6 is 0 Å². The molecule has 5 nitrogen and oxygen atoms in total. The fourth-order valence-electron chi connectivity index (χ4n) is 3.52. The van der Waals surface area contributed by atoms with E-state index < -0.39 is 0 Å². The first-order valence-electron chi connectivity index (χ1n) is 9.59. The molecular formula is C23H28N2O3. The molecule has 3 rings (SSSR count). The molecule has 1 saturated heterocycles. The Morgan fingerprint density at radius 3 is 2.57 bits per heavy atom. The molecule has 1 fully saturated rings. The van der Waals surface area contributed by atoms with Crippen molar-refractivity contribution in [1.82, 2.24) is 5.32 Å². The summed E-state index contributed by atoms with van der Waals surface area (Å²) < 4.78 is 5.16. The van der Waals surface area contributed by atoms with Gasteiger partial charge in [0.25, 0.3) is 0 Å². The molecule has 148 valence electrons. The number of hydrogen-bond donors (Lipinski definition) is 1. The second-order valence-corrected chi connectivity index (χ2v) is 8.07. The lowest BCUT2D eigenvalue weighted by Gasteiger charge is -2.27. The molecule has 0 bridgehead atoms. The van der Waals surface area contributed by atoms with E-state index in [2.05, 4.69) is 44.3 Å². The van der Waals surface area contributed by atoms with Crippen LogP contribution in [0.3, 0.4) is 0 Å². The van der Waals surface area contributed by atoms with Crippen molar-refractivity contribution in [3.63, 3.8) is 0 Å². The van der Waals surface area contributed by atoms with E-state index >= 15 is 0 Å². The summed E-state index contributed by atoms with van der Waals surface area (Å²) in [7, 11) is 1.61. The third-order valence-electron chi connectivity index (χ3n) is 5.38. The van der Waals surface area contributed by atoms with Crippen molar-refractivity contribution in [3.05, 3.63) is 59.7 Å². The van der Waals surface area contributed by atoms with Crippen LogP contribution in [0.25, 0.3) is 0 Å². The highest BCUT2D eigenvalue weighted by Gasteiger charge is 2.35. The molecule has 0 saturated carbocycles. The molecule has 1 aliphatic heterocycles. The first-order valence-corrected chi connectivity index (χ1v) is 9.59. The molecule has 1 N–H and O–H groups in total. The molecular weight excluding hydrogens is 352 g/mol. The summed E-state index contributed by atoms with van der Waals surface area (Å²) in [4.78, 5) is 26.8. The number of methoxy groups -OCH3 is 1. The minimum absolute atomic E-state index is 0.0248. The highest BCUT2D eigenvalue weighted by atomic mass is 16.5. The third-order valence-corrected chi connectivity index (χ3v) is 5.38. The minimum Gasteiger partial charge on any atom is -0.497 e. The van der Waals surface area contributed by atoms with Gasteiger partial charge in [-0.15, -0.1) is 0 Å². The number of anilines is 1. The maximum atomic E-state index is 12.7. The maximum absolute atomic E-state index is 12.7. The van der Waals surface area contributed by atoms with Gasteiger partial charge in [0.15, 0.2) is 0 Å². The normalized spacial score (nSPS) is 16.9. The quantitative estimate of drug-likeness (QED) is 0.835. The third kappa shape index (κ3) is 4.35. The van der Waals surface area contributed by atoms with Crippen LogP contribution in [-0.4, -0.2) is 32.0 Å². The number of benzene rings is 2. The Kier molecular flexibility index (Phi) is 5.73. The Balaban J connectivity index is 1.61. The van der Waals surface area contributed by atoms with E-state index in [4.69, 9.17) is 4.74 Å². The average molecular weight is 380 g/mol. The van der Waals surface area contributed by atoms with E-state index in [-0.39, 0.29) is 29.6 Å². The topological polar surface area (TPSA) is 58.6 Å². The molecule has 0 aromatic heterocycles. The van der Waals surface area contributed by atoms with E-state index in [0.29, 0.717) is 13.1 Å². The van der Waals surface area contributed by atoms with Gasteiger partial charge < -0.3 is 15.0 Å². The molecule has 5 heteroatoms. The van der Waals surface area contributed by atoms with Crippen molar-refractivity contribution >= 4 is 17.5 Å². The number of nitrogens with zero attached hydrogens (tertiary/aromatic N) is 1. The number of rotatable bonds is 6. The minimum atomic E-state index is -0.331. The van der Waals surface area contributed by atoms with Gasteiger partial charge >= 0.3 is 0 Å². The average Bonchev–Trinajstić information content (AvgIpc) is 3.08. The van der Waals surface area contributed by atoms with Crippen molar-refractivity contribution in [2.45, 2.75) is 32.6 Å². The predicted octanol–water partition coefficient (Wildman–Crippen LogP) is 3.45. The van der Waals surface area contributed by atoms with Crippen LogP contribution in [0.15, 0.2) is 48.5 Å². The van der Waals surface area contributed by atoms with Crippen LogP contribution in [0.4, 0.5) is 5.69 Å². The number of hydrogen-bond acceptors (Lipinski definition) is 3. The molecule has 2 aromatic rings. The van der Waals surface area contributed by atoms with Crippen LogP contribution in [0.2, 0.25) is 0 Å². The molecule has 0 radical (unpaired) electrons. The zero-order valence-corrected chi connectivity index (χ0v) is 17.0. The van der Waals surface area contributed by atoms with Gasteiger partial charge in [0.05, 0.1) is 13.0 Å². The monoisotopic (exact) mass is 380 g/mol.